The first-order valence-electron chi connectivity index (χ1n) is 8.32. The zero-order chi connectivity index (χ0) is 17.7. The first kappa shape index (κ1) is 18.3. The normalized spacial score (nSPS) is 19.2. The Hall–Kier alpha value is -2.08. The van der Waals surface area contributed by atoms with Crippen molar-refractivity contribution in [1.29, 1.82) is 0 Å². The molecule has 6 heteroatoms. The van der Waals surface area contributed by atoms with Gasteiger partial charge in [-0.3, -0.25) is 4.79 Å². The Labute approximate surface area is 142 Å². The highest BCUT2D eigenvalue weighted by molar-refractivity contribution is 5.82. The second kappa shape index (κ2) is 8.15. The number of morpholine rings is 1. The average molecular weight is 335 g/mol. The summed E-state index contributed by atoms with van der Waals surface area (Å²) in [5, 5.41) is 9.07. The maximum Gasteiger partial charge on any atom is 0.334 e. The van der Waals surface area contributed by atoms with Gasteiger partial charge in [0.15, 0.2) is 12.2 Å². The lowest BCUT2D eigenvalue weighted by Crippen LogP contribution is -2.52. The van der Waals surface area contributed by atoms with Crippen LogP contribution in [0.15, 0.2) is 24.3 Å². The molecule has 132 valence electrons. The summed E-state index contributed by atoms with van der Waals surface area (Å²) >= 11 is 0. The Bertz CT molecular complexity index is 587. The van der Waals surface area contributed by atoms with Crippen LogP contribution in [0.2, 0.25) is 0 Å². The van der Waals surface area contributed by atoms with Crippen LogP contribution in [0.4, 0.5) is 0 Å². The maximum atomic E-state index is 12.7. The van der Waals surface area contributed by atoms with Gasteiger partial charge < -0.3 is 19.5 Å². The van der Waals surface area contributed by atoms with Gasteiger partial charge >= 0.3 is 5.97 Å². The Balaban J connectivity index is 2.11. The molecule has 1 aliphatic heterocycles. The van der Waals surface area contributed by atoms with Crippen LogP contribution >= 0.6 is 0 Å². The van der Waals surface area contributed by atoms with E-state index in [1.54, 1.807) is 0 Å². The van der Waals surface area contributed by atoms with Gasteiger partial charge in [-0.25, -0.2) is 4.79 Å². The number of amides is 1. The van der Waals surface area contributed by atoms with Crippen molar-refractivity contribution in [2.75, 3.05) is 19.7 Å². The lowest BCUT2D eigenvalue weighted by Gasteiger charge is -2.33. The fraction of sp³-hybridized carbons (Fsp3) is 0.556. The van der Waals surface area contributed by atoms with Crippen molar-refractivity contribution in [2.24, 2.45) is 0 Å². The molecule has 24 heavy (non-hydrogen) atoms. The fourth-order valence-electron chi connectivity index (χ4n) is 2.73. The Morgan fingerprint density at radius 3 is 2.71 bits per heavy atom. The molecule has 1 saturated heterocycles. The van der Waals surface area contributed by atoms with Crippen molar-refractivity contribution >= 4 is 11.9 Å². The van der Waals surface area contributed by atoms with Crippen LogP contribution < -0.4 is 4.74 Å². The zero-order valence-corrected chi connectivity index (χ0v) is 14.4. The summed E-state index contributed by atoms with van der Waals surface area (Å²) in [6.45, 7) is 6.69. The minimum Gasteiger partial charge on any atom is -0.480 e. The van der Waals surface area contributed by atoms with Gasteiger partial charge in [0.05, 0.1) is 13.2 Å². The number of para-hydroxylation sites is 1. The minimum absolute atomic E-state index is 0.0554. The Morgan fingerprint density at radius 2 is 2.08 bits per heavy atom. The zero-order valence-electron chi connectivity index (χ0n) is 14.4. The third-order valence-corrected chi connectivity index (χ3v) is 4.11. The fourth-order valence-corrected chi connectivity index (χ4v) is 2.73. The molecule has 1 amide bonds. The Kier molecular flexibility index (Phi) is 6.20. The summed E-state index contributed by atoms with van der Waals surface area (Å²) in [6, 6.07) is 7.69. The van der Waals surface area contributed by atoms with Gasteiger partial charge in [-0.15, -0.1) is 0 Å². The molecule has 1 N–H and O–H groups in total. The second-order valence-electron chi connectivity index (χ2n) is 6.19. The van der Waals surface area contributed by atoms with Crippen LogP contribution in [0.1, 0.15) is 38.7 Å². The van der Waals surface area contributed by atoms with Crippen LogP contribution in [0.25, 0.3) is 0 Å². The molecule has 1 heterocycles. The molecule has 0 spiro atoms. The lowest BCUT2D eigenvalue weighted by atomic mass is 10.0. The number of hydrogen-bond acceptors (Lipinski definition) is 4. The highest BCUT2D eigenvalue weighted by Gasteiger charge is 2.33. The van der Waals surface area contributed by atoms with Crippen molar-refractivity contribution in [3.8, 4) is 5.75 Å². The van der Waals surface area contributed by atoms with Crippen molar-refractivity contribution in [1.82, 2.24) is 4.90 Å². The molecule has 0 saturated carbocycles. The van der Waals surface area contributed by atoms with Crippen LogP contribution in [-0.4, -0.2) is 53.8 Å². The molecular weight excluding hydrogens is 310 g/mol. The number of rotatable bonds is 6. The largest absolute Gasteiger partial charge is 0.480 e. The second-order valence-corrected chi connectivity index (χ2v) is 6.19. The molecule has 0 radical (unpaired) electrons. The predicted molar refractivity (Wildman–Crippen MR) is 89.2 cm³/mol. The number of carboxylic acid groups (broad SMARTS) is 1. The summed E-state index contributed by atoms with van der Waals surface area (Å²) in [5.41, 5.74) is 1.05. The highest BCUT2D eigenvalue weighted by atomic mass is 16.5. The molecule has 1 aromatic rings. The van der Waals surface area contributed by atoms with Gasteiger partial charge in [0.1, 0.15) is 5.75 Å². The summed E-state index contributed by atoms with van der Waals surface area (Å²) in [4.78, 5) is 25.3. The average Bonchev–Trinajstić information content (AvgIpc) is 2.59. The number of aliphatic carboxylic acids is 1. The van der Waals surface area contributed by atoms with E-state index in [-0.39, 0.29) is 25.0 Å². The van der Waals surface area contributed by atoms with E-state index in [2.05, 4.69) is 13.8 Å². The quantitative estimate of drug-likeness (QED) is 0.863. The topological polar surface area (TPSA) is 76.1 Å². The Morgan fingerprint density at radius 1 is 1.38 bits per heavy atom. The van der Waals surface area contributed by atoms with Gasteiger partial charge in [0.2, 0.25) is 0 Å². The van der Waals surface area contributed by atoms with Gasteiger partial charge in [-0.2, -0.15) is 0 Å². The molecule has 2 rings (SSSR count). The van der Waals surface area contributed by atoms with Crippen LogP contribution in [0.3, 0.4) is 0 Å². The van der Waals surface area contributed by atoms with Gasteiger partial charge in [0, 0.05) is 6.54 Å². The molecule has 6 nitrogen and oxygen atoms in total. The number of benzene rings is 1. The van der Waals surface area contributed by atoms with E-state index < -0.39 is 18.2 Å². The number of carboxylic acids is 1. The summed E-state index contributed by atoms with van der Waals surface area (Å²) in [5.74, 6) is -0.249. The van der Waals surface area contributed by atoms with Crippen molar-refractivity contribution < 1.29 is 24.2 Å². The van der Waals surface area contributed by atoms with Crippen molar-refractivity contribution in [3.05, 3.63) is 29.8 Å². The van der Waals surface area contributed by atoms with Crippen LogP contribution in [-0.2, 0) is 14.3 Å². The molecule has 0 aromatic heterocycles. The smallest absolute Gasteiger partial charge is 0.334 e. The lowest BCUT2D eigenvalue weighted by molar-refractivity contribution is -0.161. The number of nitrogens with zero attached hydrogens (tertiary/aromatic N) is 1. The number of carbonyl (C=O) groups excluding carboxylic acids is 1. The first-order valence-corrected chi connectivity index (χ1v) is 8.32. The molecule has 1 aliphatic rings. The van der Waals surface area contributed by atoms with Crippen molar-refractivity contribution in [2.45, 2.75) is 45.3 Å². The molecule has 1 aromatic carbocycles. The minimum atomic E-state index is -1.05. The third-order valence-electron chi connectivity index (χ3n) is 4.11. The summed E-state index contributed by atoms with van der Waals surface area (Å²) in [6.07, 6.45) is -1.08. The number of carbonyl (C=O) groups is 2. The standard InChI is InChI=1S/C18H25NO5/c1-4-14(24-15-8-6-5-7-13(15)12(2)3)17(20)19-9-10-23-16(11-19)18(21)22/h5-8,12,14,16H,4,9-11H2,1-3H3,(H,21,22)/t14-,16-/m0/s1. The van der Waals surface area contributed by atoms with Crippen molar-refractivity contribution in [3.63, 3.8) is 0 Å². The van der Waals surface area contributed by atoms with E-state index in [9.17, 15) is 9.59 Å². The van der Waals surface area contributed by atoms with E-state index in [4.69, 9.17) is 14.6 Å². The first-order chi connectivity index (χ1) is 11.4. The molecule has 0 aliphatic carbocycles. The maximum absolute atomic E-state index is 12.7. The van der Waals surface area contributed by atoms with Gasteiger partial charge in [0.25, 0.3) is 5.91 Å². The summed E-state index contributed by atoms with van der Waals surface area (Å²) < 4.78 is 11.2. The third kappa shape index (κ3) is 4.26. The molecule has 0 unspecified atom stereocenters. The predicted octanol–water partition coefficient (Wildman–Crippen LogP) is 2.28. The van der Waals surface area contributed by atoms with E-state index in [0.29, 0.717) is 18.7 Å². The monoisotopic (exact) mass is 335 g/mol. The molecule has 0 bridgehead atoms. The van der Waals surface area contributed by atoms with E-state index >= 15 is 0 Å². The van der Waals surface area contributed by atoms with E-state index in [1.165, 1.54) is 4.90 Å². The number of ether oxygens (including phenoxy) is 2. The van der Waals surface area contributed by atoms with Gasteiger partial charge in [-0.05, 0) is 24.0 Å². The molecular formula is C18H25NO5. The SMILES string of the molecule is CC[C@H](Oc1ccccc1C(C)C)C(=O)N1CCO[C@H](C(=O)O)C1. The molecule has 1 fully saturated rings. The highest BCUT2D eigenvalue weighted by Crippen LogP contribution is 2.27. The van der Waals surface area contributed by atoms with Crippen LogP contribution in [0, 0.1) is 0 Å². The van der Waals surface area contributed by atoms with E-state index in [1.807, 2.05) is 31.2 Å². The summed E-state index contributed by atoms with van der Waals surface area (Å²) in [7, 11) is 0. The van der Waals surface area contributed by atoms with Crippen LogP contribution in [0.5, 0.6) is 5.75 Å². The number of hydrogen-bond donors (Lipinski definition) is 1. The van der Waals surface area contributed by atoms with Gasteiger partial charge in [-0.1, -0.05) is 39.0 Å². The molecule has 2 atom stereocenters. The van der Waals surface area contributed by atoms with E-state index in [0.717, 1.165) is 5.56 Å².